The Hall–Kier alpha value is 1.57. The Bertz CT molecular complexity index is 637. The molecule has 1 fully saturated rings. The van der Waals surface area contributed by atoms with Crippen molar-refractivity contribution in [2.45, 2.75) is 109 Å². The molecule has 1 aliphatic carbocycles. The zero-order valence-electron chi connectivity index (χ0n) is 20.9. The van der Waals surface area contributed by atoms with Crippen LogP contribution in [-0.4, -0.2) is 32.2 Å². The second kappa shape index (κ2) is 21.6. The van der Waals surface area contributed by atoms with Crippen molar-refractivity contribution in [1.82, 2.24) is 0 Å². The van der Waals surface area contributed by atoms with Crippen LogP contribution in [0.15, 0.2) is 0 Å². The topological polar surface area (TPSA) is 124 Å². The molecule has 33 heavy (non-hydrogen) atoms. The third-order valence-electron chi connectivity index (χ3n) is 6.09. The molecule has 1 saturated carbocycles. The molecule has 1 rings (SSSR count). The average Bonchev–Trinajstić information content (AvgIpc) is 2.65. The number of hydrogen-bond donors (Lipinski definition) is 0. The van der Waals surface area contributed by atoms with Gasteiger partial charge in [-0.25, -0.2) is 13.2 Å². The second-order valence-corrected chi connectivity index (χ2v) is 12.6. The average molecular weight is 527 g/mol. The van der Waals surface area contributed by atoms with E-state index in [0.717, 1.165) is 18.8 Å². The minimum atomic E-state index is -5.33. The Morgan fingerprint density at radius 2 is 1.18 bits per heavy atom. The van der Waals surface area contributed by atoms with Gasteiger partial charge < -0.3 is 19.1 Å². The number of sulfone groups is 1. The van der Waals surface area contributed by atoms with Crippen molar-refractivity contribution < 1.29 is 91.4 Å². The van der Waals surface area contributed by atoms with Gasteiger partial charge >= 0.3 is 64.8 Å². The third kappa shape index (κ3) is 21.4. The fourth-order valence-corrected chi connectivity index (χ4v) is 5.63. The Balaban J connectivity index is 0. The number of rotatable bonds is 20. The molecule has 0 aromatic rings. The van der Waals surface area contributed by atoms with Crippen LogP contribution in [0.5, 0.6) is 0 Å². The fraction of sp³-hybridized carbons (Fsp3) is 0.955. The molecule has 0 aliphatic heterocycles. The summed E-state index contributed by atoms with van der Waals surface area (Å²) in [5, 5.41) is 0. The van der Waals surface area contributed by atoms with Gasteiger partial charge in [-0.1, -0.05) is 83.5 Å². The minimum absolute atomic E-state index is 0. The summed E-state index contributed by atoms with van der Waals surface area (Å²) in [5.41, 5.74) is -1.75. The Morgan fingerprint density at radius 1 is 0.758 bits per heavy atom. The van der Waals surface area contributed by atoms with Crippen LogP contribution < -0.4 is 68.9 Å². The summed E-state index contributed by atoms with van der Waals surface area (Å²) >= 11 is 0. The van der Waals surface area contributed by atoms with Gasteiger partial charge in [0, 0.05) is 7.60 Å². The van der Waals surface area contributed by atoms with Crippen molar-refractivity contribution in [2.75, 3.05) is 18.1 Å². The second-order valence-electron chi connectivity index (χ2n) is 8.95. The van der Waals surface area contributed by atoms with E-state index in [1.807, 2.05) is 0 Å². The molecule has 0 saturated heterocycles. The van der Waals surface area contributed by atoms with Crippen LogP contribution in [0.3, 0.4) is 0 Å². The van der Waals surface area contributed by atoms with E-state index in [0.29, 0.717) is 25.7 Å². The van der Waals surface area contributed by atoms with Gasteiger partial charge in [0.15, 0.2) is 0 Å². The molecule has 7 nitrogen and oxygen atoms in total. The Labute approximate surface area is 245 Å². The molecular formula is C22H41Na2O7PS. The van der Waals surface area contributed by atoms with E-state index in [9.17, 15) is 27.6 Å². The molecule has 1 aliphatic rings. The van der Waals surface area contributed by atoms with Crippen LogP contribution >= 0.6 is 7.60 Å². The Kier molecular flexibility index (Phi) is 24.1. The molecule has 0 bridgehead atoms. The van der Waals surface area contributed by atoms with Gasteiger partial charge in [0.05, 0.1) is 18.1 Å². The summed E-state index contributed by atoms with van der Waals surface area (Å²) in [5.74, 6) is 1.33. The van der Waals surface area contributed by atoms with E-state index in [2.05, 4.69) is 4.74 Å². The van der Waals surface area contributed by atoms with Crippen molar-refractivity contribution in [2.24, 2.45) is 5.92 Å². The minimum Gasteiger partial charge on any atom is -0.803 e. The van der Waals surface area contributed by atoms with Gasteiger partial charge in [-0.15, -0.1) is 0 Å². The Morgan fingerprint density at radius 3 is 1.61 bits per heavy atom. The van der Waals surface area contributed by atoms with E-state index in [4.69, 9.17) is 0 Å². The quantitative estimate of drug-likeness (QED) is 0.110. The van der Waals surface area contributed by atoms with Crippen molar-refractivity contribution in [3.05, 3.63) is 0 Å². The van der Waals surface area contributed by atoms with E-state index in [1.165, 1.54) is 70.6 Å². The van der Waals surface area contributed by atoms with Gasteiger partial charge in [0.2, 0.25) is 0 Å². The molecule has 184 valence electrons. The van der Waals surface area contributed by atoms with Crippen LogP contribution in [0, 0.1) is 5.92 Å². The zero-order chi connectivity index (χ0) is 23.0. The first-order valence-electron chi connectivity index (χ1n) is 12.1. The largest absolute Gasteiger partial charge is 1.00 e. The van der Waals surface area contributed by atoms with Gasteiger partial charge in [-0.05, 0) is 31.6 Å². The monoisotopic (exact) mass is 526 g/mol. The molecule has 0 aromatic carbocycles. The fourth-order valence-electron chi connectivity index (χ4n) is 3.89. The van der Waals surface area contributed by atoms with Crippen LogP contribution in [-0.2, 0) is 19.1 Å². The van der Waals surface area contributed by atoms with E-state index in [1.54, 1.807) is 0 Å². The van der Waals surface area contributed by atoms with Crippen molar-refractivity contribution in [1.29, 1.82) is 0 Å². The molecule has 0 amide bonds. The van der Waals surface area contributed by atoms with E-state index >= 15 is 0 Å². The standard InChI is InChI=1S/C22H43O7PS.2Na/c23-22(30(24,25)26)29-18-11-9-13-20-31(27,28)19-12-8-6-4-2-1-3-5-7-10-15-21-16-14-17-21;;/h21H,1-20H2,(H2,24,25,26);;/q;2*+1/p-2. The van der Waals surface area contributed by atoms with Gasteiger partial charge in [-0.2, -0.15) is 0 Å². The van der Waals surface area contributed by atoms with Gasteiger partial charge in [-0.3, -0.25) is 0 Å². The van der Waals surface area contributed by atoms with E-state index in [-0.39, 0.29) is 77.2 Å². The first-order valence-corrected chi connectivity index (χ1v) is 15.5. The molecule has 0 atom stereocenters. The first-order chi connectivity index (χ1) is 14.7. The van der Waals surface area contributed by atoms with Crippen LogP contribution in [0.2, 0.25) is 0 Å². The van der Waals surface area contributed by atoms with Crippen LogP contribution in [0.25, 0.3) is 0 Å². The molecule has 0 spiro atoms. The zero-order valence-corrected chi connectivity index (χ0v) is 26.6. The summed E-state index contributed by atoms with van der Waals surface area (Å²) in [6.07, 6.45) is 19.0. The maximum atomic E-state index is 12.0. The predicted molar refractivity (Wildman–Crippen MR) is 120 cm³/mol. The van der Waals surface area contributed by atoms with Crippen molar-refractivity contribution >= 4 is 23.1 Å². The molecule has 0 heterocycles. The van der Waals surface area contributed by atoms with Gasteiger partial charge in [0.25, 0.3) is 0 Å². The maximum Gasteiger partial charge on any atom is 1.00 e. The van der Waals surface area contributed by atoms with Crippen molar-refractivity contribution in [3.8, 4) is 0 Å². The van der Waals surface area contributed by atoms with Crippen LogP contribution in [0.1, 0.15) is 109 Å². The van der Waals surface area contributed by atoms with E-state index < -0.39 is 23.1 Å². The molecule has 11 heteroatoms. The summed E-state index contributed by atoms with van der Waals surface area (Å²) in [7, 11) is -8.40. The number of hydrogen-bond acceptors (Lipinski definition) is 7. The normalized spacial score (nSPS) is 14.1. The smallest absolute Gasteiger partial charge is 0.803 e. The molecule has 0 N–H and O–H groups in total. The summed E-state index contributed by atoms with van der Waals surface area (Å²) in [4.78, 5) is 31.5. The predicted octanol–water partition coefficient (Wildman–Crippen LogP) is -1.28. The maximum absolute atomic E-state index is 12.0. The summed E-state index contributed by atoms with van der Waals surface area (Å²) in [6, 6.07) is 0. The van der Waals surface area contributed by atoms with Crippen LogP contribution in [0.4, 0.5) is 4.79 Å². The summed E-state index contributed by atoms with van der Waals surface area (Å²) in [6.45, 7) is -0.187. The number of carbonyl (C=O) groups excluding carboxylic acids is 1. The van der Waals surface area contributed by atoms with Crippen molar-refractivity contribution in [3.63, 3.8) is 0 Å². The first kappa shape index (κ1) is 36.7. The molecule has 0 aromatic heterocycles. The molecule has 0 radical (unpaired) electrons. The molecular weight excluding hydrogens is 485 g/mol. The number of unbranched alkanes of at least 4 members (excludes halogenated alkanes) is 11. The molecule has 0 unspecified atom stereocenters. The summed E-state index contributed by atoms with van der Waals surface area (Å²) < 4.78 is 38.7. The third-order valence-corrected chi connectivity index (χ3v) is 8.49. The SMILES string of the molecule is O=C(OCCCCCS(=O)(=O)CCCCCCCCCCCCC1CCC1)P(=O)([O-])[O-].[Na+].[Na+]. The number of ether oxygens (including phenoxy) is 1. The van der Waals surface area contributed by atoms with Gasteiger partial charge in [0.1, 0.15) is 9.84 Å². The number of carbonyl (C=O) groups is 1.